The van der Waals surface area contributed by atoms with Crippen molar-refractivity contribution in [3.8, 4) is 0 Å². The Kier molecular flexibility index (Phi) is 3.34. The lowest BCUT2D eigenvalue weighted by molar-refractivity contribution is 0.288. The van der Waals surface area contributed by atoms with Crippen LogP contribution in [0.15, 0.2) is 24.8 Å². The van der Waals surface area contributed by atoms with Gasteiger partial charge in [0.25, 0.3) is 0 Å². The molecule has 6 heterocycles. The number of aromatic nitrogens is 4. The molecule has 0 aromatic carbocycles. The van der Waals surface area contributed by atoms with Crippen molar-refractivity contribution in [2.24, 2.45) is 0 Å². The molecule has 2 atom stereocenters. The van der Waals surface area contributed by atoms with Gasteiger partial charge in [0.1, 0.15) is 11.8 Å². The summed E-state index contributed by atoms with van der Waals surface area (Å²) < 4.78 is 15.7. The number of aryl methyl sites for hydroxylation is 1. The maximum Gasteiger partial charge on any atom is 0.187 e. The lowest BCUT2D eigenvalue weighted by atomic mass is 9.88. The van der Waals surface area contributed by atoms with Crippen molar-refractivity contribution in [3.05, 3.63) is 36.3 Å². The summed E-state index contributed by atoms with van der Waals surface area (Å²) >= 11 is 1.70. The molecule has 0 radical (unpaired) electrons. The second kappa shape index (κ2) is 5.59. The maximum absolute atomic E-state index is 14.6. The topological polar surface area (TPSA) is 58.0 Å². The normalized spacial score (nSPS) is 22.3. The molecule has 6 nitrogen and oxygen atoms in total. The van der Waals surface area contributed by atoms with Gasteiger partial charge in [-0.25, -0.2) is 19.3 Å². The third-order valence-corrected chi connectivity index (χ3v) is 6.12. The summed E-state index contributed by atoms with van der Waals surface area (Å²) in [6.45, 7) is 3.44. The number of piperidine rings is 1. The molecule has 8 heteroatoms. The molecular formula is C17H17FN6S. The average Bonchev–Trinajstić information content (AvgIpc) is 3.04. The van der Waals surface area contributed by atoms with Crippen LogP contribution in [0.3, 0.4) is 0 Å². The van der Waals surface area contributed by atoms with Gasteiger partial charge in [0.2, 0.25) is 0 Å². The van der Waals surface area contributed by atoms with Gasteiger partial charge < -0.3 is 9.80 Å². The van der Waals surface area contributed by atoms with E-state index in [-0.39, 0.29) is 5.82 Å². The van der Waals surface area contributed by atoms with Gasteiger partial charge in [-0.1, -0.05) is 18.3 Å². The molecule has 3 fully saturated rings. The number of piperazine rings is 1. The van der Waals surface area contributed by atoms with Gasteiger partial charge in [0.05, 0.1) is 28.7 Å². The third kappa shape index (κ3) is 2.27. The molecule has 3 saturated heterocycles. The first-order valence-corrected chi connectivity index (χ1v) is 9.29. The second-order valence-corrected chi connectivity index (χ2v) is 7.52. The van der Waals surface area contributed by atoms with Gasteiger partial charge in [-0.05, 0) is 18.9 Å². The van der Waals surface area contributed by atoms with Crippen LogP contribution in [0.25, 0.3) is 10.2 Å². The smallest absolute Gasteiger partial charge is 0.187 e. The van der Waals surface area contributed by atoms with E-state index in [4.69, 9.17) is 4.98 Å². The van der Waals surface area contributed by atoms with Gasteiger partial charge in [-0.15, -0.1) is 0 Å². The summed E-state index contributed by atoms with van der Waals surface area (Å²) in [6, 6.07) is 2.71. The van der Waals surface area contributed by atoms with Crippen molar-refractivity contribution in [1.82, 2.24) is 19.9 Å². The van der Waals surface area contributed by atoms with E-state index in [1.165, 1.54) is 6.33 Å². The number of fused-ring (bicyclic) bond motifs is 3. The molecule has 3 aromatic heterocycles. The van der Waals surface area contributed by atoms with Crippen LogP contribution in [0.2, 0.25) is 0 Å². The zero-order valence-electron chi connectivity index (χ0n) is 13.8. The van der Waals surface area contributed by atoms with Crippen LogP contribution in [0.5, 0.6) is 0 Å². The number of rotatable bonds is 3. The van der Waals surface area contributed by atoms with Gasteiger partial charge in [-0.2, -0.15) is 0 Å². The predicted octanol–water partition coefficient (Wildman–Crippen LogP) is 2.65. The fourth-order valence-electron chi connectivity index (χ4n) is 3.84. The number of hydrogen-bond acceptors (Lipinski definition) is 7. The first-order chi connectivity index (χ1) is 12.2. The molecule has 2 unspecified atom stereocenters. The van der Waals surface area contributed by atoms with Crippen molar-refractivity contribution in [1.29, 1.82) is 0 Å². The van der Waals surface area contributed by atoms with E-state index in [0.29, 0.717) is 30.0 Å². The summed E-state index contributed by atoms with van der Waals surface area (Å²) in [5.41, 5.74) is 1.43. The number of thiazole rings is 1. The lowest BCUT2D eigenvalue weighted by Crippen LogP contribution is -2.69. The summed E-state index contributed by atoms with van der Waals surface area (Å²) in [6.07, 6.45) is 6.77. The minimum Gasteiger partial charge on any atom is -0.350 e. The Morgan fingerprint density at radius 1 is 1.28 bits per heavy atom. The molecule has 0 aliphatic carbocycles. The fourth-order valence-corrected chi connectivity index (χ4v) is 4.91. The van der Waals surface area contributed by atoms with Gasteiger partial charge in [0, 0.05) is 19.3 Å². The Morgan fingerprint density at radius 3 is 2.88 bits per heavy atom. The molecular weight excluding hydrogens is 339 g/mol. The molecule has 6 rings (SSSR count). The Labute approximate surface area is 148 Å². The highest BCUT2D eigenvalue weighted by Crippen LogP contribution is 2.41. The summed E-state index contributed by atoms with van der Waals surface area (Å²) in [4.78, 5) is 21.5. The van der Waals surface area contributed by atoms with Crippen LogP contribution in [0.4, 0.5) is 15.3 Å². The molecule has 128 valence electrons. The SMILES string of the molecule is CCc1ncnc(N2CC3CC(C2)N3c2nc3cnccc3s2)c1F. The first-order valence-electron chi connectivity index (χ1n) is 8.47. The van der Waals surface area contributed by atoms with E-state index in [1.807, 2.05) is 13.0 Å². The van der Waals surface area contributed by atoms with Gasteiger partial charge >= 0.3 is 0 Å². The Bertz CT molecular complexity index is 899. The third-order valence-electron chi connectivity index (χ3n) is 5.07. The van der Waals surface area contributed by atoms with Crippen LogP contribution in [-0.2, 0) is 6.42 Å². The molecule has 0 spiro atoms. The van der Waals surface area contributed by atoms with Crippen molar-refractivity contribution >= 4 is 32.5 Å². The zero-order valence-corrected chi connectivity index (χ0v) is 14.6. The molecule has 3 aliphatic heterocycles. The van der Waals surface area contributed by atoms with E-state index in [1.54, 1.807) is 23.7 Å². The van der Waals surface area contributed by atoms with Crippen LogP contribution in [-0.4, -0.2) is 45.1 Å². The highest BCUT2D eigenvalue weighted by atomic mass is 32.1. The van der Waals surface area contributed by atoms with Gasteiger partial charge in [0.15, 0.2) is 16.8 Å². The van der Waals surface area contributed by atoms with Crippen LogP contribution >= 0.6 is 11.3 Å². The molecule has 0 amide bonds. The number of hydrogen-bond donors (Lipinski definition) is 0. The van der Waals surface area contributed by atoms with E-state index >= 15 is 0 Å². The maximum atomic E-state index is 14.6. The van der Waals surface area contributed by atoms with E-state index in [0.717, 1.165) is 34.9 Å². The van der Waals surface area contributed by atoms with Crippen LogP contribution < -0.4 is 9.80 Å². The standard InChI is InChI=1S/C17H17FN6S/c1-2-12-15(18)16(21-9-20-12)23-7-10-5-11(8-23)24(10)17-22-13-6-19-4-3-14(13)25-17/h3-4,6,9-11H,2,5,7-8H2,1H3. The molecule has 0 saturated carbocycles. The number of pyridine rings is 1. The minimum atomic E-state index is -0.274. The number of anilines is 2. The Hall–Kier alpha value is -2.35. The predicted molar refractivity (Wildman–Crippen MR) is 95.7 cm³/mol. The van der Waals surface area contributed by atoms with E-state index in [2.05, 4.69) is 24.8 Å². The van der Waals surface area contributed by atoms with E-state index in [9.17, 15) is 4.39 Å². The first kappa shape index (κ1) is 14.9. The fraction of sp³-hybridized carbons (Fsp3) is 0.412. The monoisotopic (exact) mass is 356 g/mol. The van der Waals surface area contributed by atoms with Crippen molar-refractivity contribution in [2.75, 3.05) is 22.9 Å². The van der Waals surface area contributed by atoms with Crippen molar-refractivity contribution in [3.63, 3.8) is 0 Å². The average molecular weight is 356 g/mol. The summed E-state index contributed by atoms with van der Waals surface area (Å²) in [5, 5.41) is 1.04. The molecule has 25 heavy (non-hydrogen) atoms. The molecule has 3 aliphatic rings. The largest absolute Gasteiger partial charge is 0.350 e. The summed E-state index contributed by atoms with van der Waals surface area (Å²) in [5.74, 6) is 0.165. The molecule has 0 N–H and O–H groups in total. The van der Waals surface area contributed by atoms with Crippen molar-refractivity contribution in [2.45, 2.75) is 31.8 Å². The lowest BCUT2D eigenvalue weighted by Gasteiger charge is -2.56. The van der Waals surface area contributed by atoms with Gasteiger partial charge in [-0.3, -0.25) is 4.98 Å². The minimum absolute atomic E-state index is 0.274. The van der Waals surface area contributed by atoms with Crippen LogP contribution in [0.1, 0.15) is 19.0 Å². The second-order valence-electron chi connectivity index (χ2n) is 6.51. The molecule has 3 aromatic rings. The van der Waals surface area contributed by atoms with Crippen LogP contribution in [0, 0.1) is 5.82 Å². The highest BCUT2D eigenvalue weighted by molar-refractivity contribution is 7.22. The summed E-state index contributed by atoms with van der Waals surface area (Å²) in [7, 11) is 0. The van der Waals surface area contributed by atoms with E-state index < -0.39 is 0 Å². The number of nitrogens with zero attached hydrogens (tertiary/aromatic N) is 6. The highest BCUT2D eigenvalue weighted by Gasteiger charge is 2.46. The Balaban J connectivity index is 1.40. The quantitative estimate of drug-likeness (QED) is 0.719. The van der Waals surface area contributed by atoms with Crippen molar-refractivity contribution < 1.29 is 4.39 Å². The Morgan fingerprint density at radius 2 is 2.12 bits per heavy atom. The number of halogens is 1. The zero-order chi connectivity index (χ0) is 17.0. The molecule has 2 bridgehead atoms.